The molecule has 0 unspecified atom stereocenters. The fourth-order valence-corrected chi connectivity index (χ4v) is 3.87. The monoisotopic (exact) mass is 351 g/mol. The Hall–Kier alpha value is -2.60. The van der Waals surface area contributed by atoms with Gasteiger partial charge in [-0.25, -0.2) is 0 Å². The van der Waals surface area contributed by atoms with E-state index in [9.17, 15) is 4.79 Å². The highest BCUT2D eigenvalue weighted by molar-refractivity contribution is 5.98. The Morgan fingerprint density at radius 3 is 2.85 bits per heavy atom. The molecule has 4 rings (SSSR count). The van der Waals surface area contributed by atoms with Crippen LogP contribution in [0.3, 0.4) is 0 Å². The number of anilines is 1. The summed E-state index contributed by atoms with van der Waals surface area (Å²) < 4.78 is 4.06. The number of fused-ring (bicyclic) bond motifs is 1. The van der Waals surface area contributed by atoms with Gasteiger partial charge in [0.2, 0.25) is 0 Å². The predicted molar refractivity (Wildman–Crippen MR) is 103 cm³/mol. The maximum atomic E-state index is 13.3. The van der Waals surface area contributed by atoms with Crippen molar-refractivity contribution >= 4 is 22.5 Å². The standard InChI is InChI=1S/C20H25N5O/c1-2-12-24-14-6-16-4-5-17(15-18(16)24)23-19(26)20(7-10-21-11-8-20)25-13-3-9-22-25/h3-6,9,13-15,21H,2,7-8,10-12H2,1H3,(H,23,26). The average Bonchev–Trinajstić information content (AvgIpc) is 3.33. The highest BCUT2D eigenvalue weighted by Gasteiger charge is 2.42. The molecular weight excluding hydrogens is 326 g/mol. The van der Waals surface area contributed by atoms with Gasteiger partial charge in [-0.05, 0) is 62.0 Å². The Kier molecular flexibility index (Phi) is 4.51. The molecule has 1 aliphatic rings. The van der Waals surface area contributed by atoms with Crippen LogP contribution in [0.25, 0.3) is 10.9 Å². The third kappa shape index (κ3) is 2.90. The maximum absolute atomic E-state index is 13.3. The summed E-state index contributed by atoms with van der Waals surface area (Å²) in [4.78, 5) is 13.3. The summed E-state index contributed by atoms with van der Waals surface area (Å²) in [5.41, 5.74) is 1.36. The first-order chi connectivity index (χ1) is 12.7. The first-order valence-corrected chi connectivity index (χ1v) is 9.34. The number of amides is 1. The lowest BCUT2D eigenvalue weighted by Crippen LogP contribution is -2.52. The van der Waals surface area contributed by atoms with Gasteiger partial charge in [0.1, 0.15) is 5.54 Å². The van der Waals surface area contributed by atoms with Crippen LogP contribution in [0.4, 0.5) is 5.69 Å². The lowest BCUT2D eigenvalue weighted by Gasteiger charge is -2.36. The van der Waals surface area contributed by atoms with Crippen LogP contribution in [0.1, 0.15) is 26.2 Å². The second kappa shape index (κ2) is 6.96. The van der Waals surface area contributed by atoms with Gasteiger partial charge >= 0.3 is 0 Å². The van der Waals surface area contributed by atoms with Gasteiger partial charge in [-0.3, -0.25) is 9.48 Å². The molecule has 1 saturated heterocycles. The molecule has 0 saturated carbocycles. The zero-order valence-electron chi connectivity index (χ0n) is 15.1. The predicted octanol–water partition coefficient (Wildman–Crippen LogP) is 2.97. The Balaban J connectivity index is 1.64. The van der Waals surface area contributed by atoms with E-state index in [-0.39, 0.29) is 5.91 Å². The minimum Gasteiger partial charge on any atom is -0.347 e. The van der Waals surface area contributed by atoms with Crippen molar-refractivity contribution in [2.45, 2.75) is 38.3 Å². The third-order valence-electron chi connectivity index (χ3n) is 5.29. The number of nitrogens with one attached hydrogen (secondary N) is 2. The van der Waals surface area contributed by atoms with Gasteiger partial charge in [-0.1, -0.05) is 13.0 Å². The highest BCUT2D eigenvalue weighted by Crippen LogP contribution is 2.29. The minimum absolute atomic E-state index is 0.00986. The molecule has 0 atom stereocenters. The topological polar surface area (TPSA) is 63.9 Å². The van der Waals surface area contributed by atoms with Crippen LogP contribution in [0.5, 0.6) is 0 Å². The summed E-state index contributed by atoms with van der Waals surface area (Å²) in [6, 6.07) is 10.1. The van der Waals surface area contributed by atoms with E-state index in [0.29, 0.717) is 0 Å². The van der Waals surface area contributed by atoms with Gasteiger partial charge in [-0.2, -0.15) is 5.10 Å². The van der Waals surface area contributed by atoms with Crippen LogP contribution >= 0.6 is 0 Å². The Labute approximate surface area is 153 Å². The van der Waals surface area contributed by atoms with E-state index >= 15 is 0 Å². The average molecular weight is 351 g/mol. The van der Waals surface area contributed by atoms with Gasteiger partial charge < -0.3 is 15.2 Å². The van der Waals surface area contributed by atoms with Crippen molar-refractivity contribution in [3.8, 4) is 0 Å². The highest BCUT2D eigenvalue weighted by atomic mass is 16.2. The molecule has 1 aliphatic heterocycles. The lowest BCUT2D eigenvalue weighted by atomic mass is 9.87. The molecule has 0 radical (unpaired) electrons. The van der Waals surface area contributed by atoms with Gasteiger partial charge in [0, 0.05) is 30.8 Å². The number of carbonyl (C=O) groups is 1. The van der Waals surface area contributed by atoms with Gasteiger partial charge in [0.25, 0.3) is 5.91 Å². The van der Waals surface area contributed by atoms with Crippen LogP contribution in [0, 0.1) is 0 Å². The number of hydrogen-bond acceptors (Lipinski definition) is 3. The molecule has 6 nitrogen and oxygen atoms in total. The van der Waals surface area contributed by atoms with Crippen LogP contribution in [-0.4, -0.2) is 33.3 Å². The molecule has 2 N–H and O–H groups in total. The Morgan fingerprint density at radius 1 is 1.27 bits per heavy atom. The SMILES string of the molecule is CCCn1ccc2ccc(NC(=O)C3(n4cccn4)CCNCC3)cc21. The Morgan fingerprint density at radius 2 is 2.12 bits per heavy atom. The van der Waals surface area contributed by atoms with Crippen molar-refractivity contribution in [3.05, 3.63) is 48.9 Å². The summed E-state index contributed by atoms with van der Waals surface area (Å²) in [5, 5.41) is 12.1. The van der Waals surface area contributed by atoms with E-state index in [1.54, 1.807) is 6.20 Å². The van der Waals surface area contributed by atoms with Gasteiger partial charge in [0.05, 0.1) is 5.52 Å². The molecular formula is C20H25N5O. The van der Waals surface area contributed by atoms with Crippen LogP contribution in [0.15, 0.2) is 48.9 Å². The normalized spacial score (nSPS) is 16.7. The summed E-state index contributed by atoms with van der Waals surface area (Å²) in [6.07, 6.45) is 8.28. The van der Waals surface area contributed by atoms with E-state index in [0.717, 1.165) is 50.1 Å². The van der Waals surface area contributed by atoms with Crippen LogP contribution in [-0.2, 0) is 16.9 Å². The van der Waals surface area contributed by atoms with Crippen molar-refractivity contribution in [2.75, 3.05) is 18.4 Å². The fraction of sp³-hybridized carbons (Fsp3) is 0.400. The summed E-state index contributed by atoms with van der Waals surface area (Å²) in [5.74, 6) is 0.00986. The second-order valence-corrected chi connectivity index (χ2v) is 6.97. The fourth-order valence-electron chi connectivity index (χ4n) is 3.87. The molecule has 6 heteroatoms. The molecule has 2 aromatic heterocycles. The summed E-state index contributed by atoms with van der Waals surface area (Å²) in [6.45, 7) is 4.77. The smallest absolute Gasteiger partial charge is 0.252 e. The molecule has 26 heavy (non-hydrogen) atoms. The molecule has 136 valence electrons. The van der Waals surface area contributed by atoms with E-state index in [1.165, 1.54) is 5.39 Å². The first kappa shape index (κ1) is 16.8. The van der Waals surface area contributed by atoms with Crippen molar-refractivity contribution < 1.29 is 4.79 Å². The zero-order valence-corrected chi connectivity index (χ0v) is 15.1. The van der Waals surface area contributed by atoms with E-state index < -0.39 is 5.54 Å². The van der Waals surface area contributed by atoms with Crippen molar-refractivity contribution in [3.63, 3.8) is 0 Å². The molecule has 1 fully saturated rings. The maximum Gasteiger partial charge on any atom is 0.252 e. The lowest BCUT2D eigenvalue weighted by molar-refractivity contribution is -0.126. The summed E-state index contributed by atoms with van der Waals surface area (Å²) >= 11 is 0. The molecule has 0 bridgehead atoms. The quantitative estimate of drug-likeness (QED) is 0.743. The van der Waals surface area contributed by atoms with E-state index in [2.05, 4.69) is 51.6 Å². The number of rotatable bonds is 5. The van der Waals surface area contributed by atoms with Gasteiger partial charge in [-0.15, -0.1) is 0 Å². The number of piperidine rings is 1. The number of nitrogens with zero attached hydrogens (tertiary/aromatic N) is 3. The zero-order chi connectivity index (χ0) is 18.0. The third-order valence-corrected chi connectivity index (χ3v) is 5.29. The summed E-state index contributed by atoms with van der Waals surface area (Å²) in [7, 11) is 0. The van der Waals surface area contributed by atoms with Crippen LogP contribution in [0.2, 0.25) is 0 Å². The minimum atomic E-state index is -0.630. The molecule has 3 heterocycles. The number of carbonyl (C=O) groups excluding carboxylic acids is 1. The molecule has 3 aromatic rings. The number of aromatic nitrogens is 3. The molecule has 0 spiro atoms. The molecule has 1 aromatic carbocycles. The van der Waals surface area contributed by atoms with E-state index in [1.807, 2.05) is 23.0 Å². The van der Waals surface area contributed by atoms with Crippen molar-refractivity contribution in [1.29, 1.82) is 0 Å². The first-order valence-electron chi connectivity index (χ1n) is 9.34. The van der Waals surface area contributed by atoms with E-state index in [4.69, 9.17) is 0 Å². The largest absolute Gasteiger partial charge is 0.347 e. The van der Waals surface area contributed by atoms with Crippen molar-refractivity contribution in [1.82, 2.24) is 19.7 Å². The van der Waals surface area contributed by atoms with Gasteiger partial charge in [0.15, 0.2) is 0 Å². The number of benzene rings is 1. The molecule has 1 amide bonds. The van der Waals surface area contributed by atoms with Crippen molar-refractivity contribution in [2.24, 2.45) is 0 Å². The number of aryl methyl sites for hydroxylation is 1. The number of hydrogen-bond donors (Lipinski definition) is 2. The van der Waals surface area contributed by atoms with Crippen LogP contribution < -0.4 is 10.6 Å². The Bertz CT molecular complexity index is 890. The second-order valence-electron chi connectivity index (χ2n) is 6.97. The molecule has 0 aliphatic carbocycles.